The summed E-state index contributed by atoms with van der Waals surface area (Å²) < 4.78 is 5.20. The second-order valence-corrected chi connectivity index (χ2v) is 5.08. The summed E-state index contributed by atoms with van der Waals surface area (Å²) in [6, 6.07) is 3.76. The molecule has 1 aliphatic rings. The topological polar surface area (TPSA) is 25.4 Å². The van der Waals surface area contributed by atoms with Crippen molar-refractivity contribution in [3.8, 4) is 0 Å². The highest BCUT2D eigenvalue weighted by Gasteiger charge is 2.19. The number of likely N-dealkylation sites (tertiary alicyclic amines) is 1. The summed E-state index contributed by atoms with van der Waals surface area (Å²) in [5.74, 6) is 0.726. The molecule has 1 aromatic rings. The molecule has 2 rings (SSSR count). The molecule has 1 aromatic heterocycles. The summed E-state index contributed by atoms with van der Waals surface area (Å²) in [5.41, 5.74) is 1.06. The molecule has 3 nitrogen and oxygen atoms in total. The van der Waals surface area contributed by atoms with E-state index in [0.717, 1.165) is 42.9 Å². The number of piperidine rings is 1. The molecular weight excluding hydrogens is 236 g/mol. The zero-order chi connectivity index (χ0) is 12.1. The predicted molar refractivity (Wildman–Crippen MR) is 69.1 cm³/mol. The average Bonchev–Trinajstić information content (AvgIpc) is 2.32. The van der Waals surface area contributed by atoms with Gasteiger partial charge in [-0.1, -0.05) is 11.6 Å². The maximum atomic E-state index is 5.95. The van der Waals surface area contributed by atoms with Crippen molar-refractivity contribution in [2.45, 2.75) is 19.4 Å². The van der Waals surface area contributed by atoms with E-state index in [2.05, 4.69) is 9.88 Å². The number of methoxy groups -OCH3 is 1. The SMILES string of the molecule is COCC1CCN(Cc2cc(Cl)ccn2)CC1. The van der Waals surface area contributed by atoms with Crippen LogP contribution < -0.4 is 0 Å². The van der Waals surface area contributed by atoms with Crippen molar-refractivity contribution in [2.75, 3.05) is 26.8 Å². The van der Waals surface area contributed by atoms with E-state index in [1.54, 1.807) is 13.3 Å². The molecule has 4 heteroatoms. The van der Waals surface area contributed by atoms with Crippen LogP contribution in [0.1, 0.15) is 18.5 Å². The van der Waals surface area contributed by atoms with Crippen molar-refractivity contribution in [3.05, 3.63) is 29.0 Å². The van der Waals surface area contributed by atoms with Crippen LogP contribution in [-0.4, -0.2) is 36.7 Å². The summed E-state index contributed by atoms with van der Waals surface area (Å²) in [6.07, 6.45) is 4.21. The molecule has 0 aliphatic carbocycles. The van der Waals surface area contributed by atoms with Gasteiger partial charge in [0.2, 0.25) is 0 Å². The maximum Gasteiger partial charge on any atom is 0.0558 e. The molecule has 0 atom stereocenters. The Kier molecular flexibility index (Phi) is 4.77. The third-order valence-corrected chi connectivity index (χ3v) is 3.51. The maximum absolute atomic E-state index is 5.95. The number of hydrogen-bond acceptors (Lipinski definition) is 3. The van der Waals surface area contributed by atoms with Crippen LogP contribution in [0, 0.1) is 5.92 Å². The van der Waals surface area contributed by atoms with Gasteiger partial charge in [-0.3, -0.25) is 9.88 Å². The Morgan fingerprint density at radius 3 is 2.88 bits per heavy atom. The lowest BCUT2D eigenvalue weighted by Gasteiger charge is -2.31. The van der Waals surface area contributed by atoms with Gasteiger partial charge in [-0.25, -0.2) is 0 Å². The summed E-state index contributed by atoms with van der Waals surface area (Å²) in [6.45, 7) is 4.05. The summed E-state index contributed by atoms with van der Waals surface area (Å²) >= 11 is 5.95. The summed E-state index contributed by atoms with van der Waals surface area (Å²) in [4.78, 5) is 6.77. The largest absolute Gasteiger partial charge is 0.384 e. The van der Waals surface area contributed by atoms with Crippen LogP contribution in [-0.2, 0) is 11.3 Å². The molecule has 0 radical (unpaired) electrons. The standard InChI is InChI=1S/C13H19ClN2O/c1-17-10-11-3-6-16(7-4-11)9-13-8-12(14)2-5-15-13/h2,5,8,11H,3-4,6-7,9-10H2,1H3. The van der Waals surface area contributed by atoms with Crippen LogP contribution in [0.25, 0.3) is 0 Å². The fourth-order valence-electron chi connectivity index (χ4n) is 2.31. The van der Waals surface area contributed by atoms with Crippen LogP contribution in [0.2, 0.25) is 5.02 Å². The third-order valence-electron chi connectivity index (χ3n) is 3.27. The van der Waals surface area contributed by atoms with Gasteiger partial charge in [-0.05, 0) is 44.0 Å². The fraction of sp³-hybridized carbons (Fsp3) is 0.615. The first-order chi connectivity index (χ1) is 8.28. The molecular formula is C13H19ClN2O. The minimum Gasteiger partial charge on any atom is -0.384 e. The van der Waals surface area contributed by atoms with E-state index < -0.39 is 0 Å². The lowest BCUT2D eigenvalue weighted by Crippen LogP contribution is -2.34. The van der Waals surface area contributed by atoms with Crippen molar-refractivity contribution in [3.63, 3.8) is 0 Å². The molecule has 0 aromatic carbocycles. The molecule has 0 saturated carbocycles. The first-order valence-corrected chi connectivity index (χ1v) is 6.47. The zero-order valence-electron chi connectivity index (χ0n) is 10.2. The molecule has 17 heavy (non-hydrogen) atoms. The Bertz CT molecular complexity index is 351. The smallest absolute Gasteiger partial charge is 0.0558 e. The lowest BCUT2D eigenvalue weighted by atomic mass is 9.98. The van der Waals surface area contributed by atoms with Gasteiger partial charge in [0.05, 0.1) is 5.69 Å². The highest BCUT2D eigenvalue weighted by atomic mass is 35.5. The van der Waals surface area contributed by atoms with E-state index in [1.165, 1.54) is 12.8 Å². The average molecular weight is 255 g/mol. The number of nitrogens with zero attached hydrogens (tertiary/aromatic N) is 2. The number of aromatic nitrogens is 1. The number of hydrogen-bond donors (Lipinski definition) is 0. The Labute approximate surface area is 108 Å². The fourth-order valence-corrected chi connectivity index (χ4v) is 2.49. The molecule has 0 unspecified atom stereocenters. The summed E-state index contributed by atoms with van der Waals surface area (Å²) in [7, 11) is 1.78. The van der Waals surface area contributed by atoms with Crippen molar-refractivity contribution in [2.24, 2.45) is 5.92 Å². The van der Waals surface area contributed by atoms with Crippen LogP contribution in [0.15, 0.2) is 18.3 Å². The van der Waals surface area contributed by atoms with E-state index >= 15 is 0 Å². The van der Waals surface area contributed by atoms with Gasteiger partial charge in [0.25, 0.3) is 0 Å². The highest BCUT2D eigenvalue weighted by Crippen LogP contribution is 2.19. The molecule has 0 N–H and O–H groups in total. The van der Waals surface area contributed by atoms with E-state index in [-0.39, 0.29) is 0 Å². The molecule has 1 saturated heterocycles. The van der Waals surface area contributed by atoms with Gasteiger partial charge in [0, 0.05) is 31.5 Å². The third kappa shape index (κ3) is 3.95. The highest BCUT2D eigenvalue weighted by molar-refractivity contribution is 6.30. The second-order valence-electron chi connectivity index (χ2n) is 4.64. The van der Waals surface area contributed by atoms with Crippen LogP contribution in [0.4, 0.5) is 0 Å². The molecule has 0 bridgehead atoms. The van der Waals surface area contributed by atoms with Gasteiger partial charge in [0.1, 0.15) is 0 Å². The molecule has 1 fully saturated rings. The number of ether oxygens (including phenoxy) is 1. The van der Waals surface area contributed by atoms with Gasteiger partial charge in [0.15, 0.2) is 0 Å². The zero-order valence-corrected chi connectivity index (χ0v) is 11.0. The summed E-state index contributed by atoms with van der Waals surface area (Å²) in [5, 5.41) is 0.768. The minimum absolute atomic E-state index is 0.726. The van der Waals surface area contributed by atoms with Crippen LogP contribution in [0.5, 0.6) is 0 Å². The Morgan fingerprint density at radius 2 is 2.24 bits per heavy atom. The Hall–Kier alpha value is -0.640. The predicted octanol–water partition coefficient (Wildman–Crippen LogP) is 2.59. The van der Waals surface area contributed by atoms with Crippen LogP contribution in [0.3, 0.4) is 0 Å². The van der Waals surface area contributed by atoms with Gasteiger partial charge >= 0.3 is 0 Å². The minimum atomic E-state index is 0.726. The normalized spacial score (nSPS) is 18.5. The van der Waals surface area contributed by atoms with Gasteiger partial charge in [-0.15, -0.1) is 0 Å². The first-order valence-electron chi connectivity index (χ1n) is 6.09. The number of rotatable bonds is 4. The van der Waals surface area contributed by atoms with Crippen molar-refractivity contribution >= 4 is 11.6 Å². The molecule has 2 heterocycles. The molecule has 0 amide bonds. The van der Waals surface area contributed by atoms with E-state index in [0.29, 0.717) is 0 Å². The second kappa shape index (κ2) is 6.34. The monoisotopic (exact) mass is 254 g/mol. The molecule has 0 spiro atoms. The van der Waals surface area contributed by atoms with E-state index in [1.807, 2.05) is 12.1 Å². The molecule has 94 valence electrons. The van der Waals surface area contributed by atoms with E-state index in [9.17, 15) is 0 Å². The van der Waals surface area contributed by atoms with E-state index in [4.69, 9.17) is 16.3 Å². The Balaban J connectivity index is 1.82. The number of halogens is 1. The van der Waals surface area contributed by atoms with Gasteiger partial charge < -0.3 is 4.74 Å². The van der Waals surface area contributed by atoms with Crippen molar-refractivity contribution < 1.29 is 4.74 Å². The Morgan fingerprint density at radius 1 is 1.47 bits per heavy atom. The number of pyridine rings is 1. The van der Waals surface area contributed by atoms with Crippen molar-refractivity contribution in [1.29, 1.82) is 0 Å². The lowest BCUT2D eigenvalue weighted by molar-refractivity contribution is 0.0963. The van der Waals surface area contributed by atoms with Crippen molar-refractivity contribution in [1.82, 2.24) is 9.88 Å². The first kappa shape index (κ1) is 12.8. The quantitative estimate of drug-likeness (QED) is 0.826. The molecule has 1 aliphatic heterocycles. The van der Waals surface area contributed by atoms with Gasteiger partial charge in [-0.2, -0.15) is 0 Å². The van der Waals surface area contributed by atoms with Crippen LogP contribution >= 0.6 is 11.6 Å².